The molecule has 0 aromatic carbocycles. The van der Waals surface area contributed by atoms with Gasteiger partial charge in [-0.2, -0.15) is 11.3 Å². The molecule has 0 aliphatic carbocycles. The van der Waals surface area contributed by atoms with Crippen molar-refractivity contribution in [3.8, 4) is 0 Å². The number of amides is 1. The van der Waals surface area contributed by atoms with Crippen LogP contribution in [0.5, 0.6) is 0 Å². The minimum Gasteiger partial charge on any atom is -0.477 e. The first-order valence-electron chi connectivity index (χ1n) is 6.48. The Morgan fingerprint density at radius 3 is 2.81 bits per heavy atom. The lowest BCUT2D eigenvalue weighted by atomic mass is 10.2. The number of carboxylic acids is 1. The number of aromatic carboxylic acids is 1. The van der Waals surface area contributed by atoms with Crippen LogP contribution in [0.4, 0.5) is 0 Å². The normalized spacial score (nSPS) is 12.1. The largest absolute Gasteiger partial charge is 0.477 e. The lowest BCUT2D eigenvalue weighted by molar-refractivity contribution is -0.121. The topological polar surface area (TPSA) is 79.3 Å². The molecule has 1 amide bonds. The Morgan fingerprint density at radius 2 is 2.24 bits per heavy atom. The molecular weight excluding hydrogens is 308 g/mol. The van der Waals surface area contributed by atoms with Crippen LogP contribution in [0.15, 0.2) is 16.8 Å². The number of rotatable bonds is 6. The molecule has 1 unspecified atom stereocenters. The van der Waals surface area contributed by atoms with Crippen molar-refractivity contribution >= 4 is 34.6 Å². The second kappa shape index (κ2) is 6.82. The predicted octanol–water partition coefficient (Wildman–Crippen LogP) is 3.02. The van der Waals surface area contributed by atoms with Crippen LogP contribution in [-0.4, -0.2) is 22.0 Å². The monoisotopic (exact) mass is 324 g/mol. The van der Waals surface area contributed by atoms with Gasteiger partial charge in [0.2, 0.25) is 5.91 Å². The average molecular weight is 324 g/mol. The molecule has 2 heterocycles. The Hall–Kier alpha value is -1.73. The zero-order valence-corrected chi connectivity index (χ0v) is 13.4. The summed E-state index contributed by atoms with van der Waals surface area (Å²) in [6.07, 6.45) is 1.12. The summed E-state index contributed by atoms with van der Waals surface area (Å²) in [5.74, 6) is -1.04. The fourth-order valence-corrected chi connectivity index (χ4v) is 3.48. The van der Waals surface area contributed by atoms with E-state index in [2.05, 4.69) is 10.3 Å². The highest BCUT2D eigenvalue weighted by Gasteiger charge is 2.19. The number of aryl methyl sites for hydroxylation is 2. The number of thiophene rings is 1. The molecule has 0 radical (unpaired) electrons. The molecule has 0 bridgehead atoms. The Morgan fingerprint density at radius 1 is 1.48 bits per heavy atom. The molecule has 0 spiro atoms. The molecule has 7 heteroatoms. The van der Waals surface area contributed by atoms with Crippen molar-refractivity contribution in [2.24, 2.45) is 0 Å². The molecule has 0 saturated carbocycles. The summed E-state index contributed by atoms with van der Waals surface area (Å²) in [5, 5.41) is 16.5. The molecular formula is C14H16N2O3S2. The summed E-state index contributed by atoms with van der Waals surface area (Å²) in [6.45, 7) is 3.47. The van der Waals surface area contributed by atoms with Gasteiger partial charge in [-0.15, -0.1) is 11.3 Å². The zero-order chi connectivity index (χ0) is 15.4. The van der Waals surface area contributed by atoms with Crippen LogP contribution in [0, 0.1) is 6.92 Å². The van der Waals surface area contributed by atoms with E-state index in [-0.39, 0.29) is 16.8 Å². The quantitative estimate of drug-likeness (QED) is 0.856. The molecule has 0 aliphatic heterocycles. The smallest absolute Gasteiger partial charge is 0.347 e. The molecule has 2 N–H and O–H groups in total. The highest BCUT2D eigenvalue weighted by atomic mass is 32.1. The van der Waals surface area contributed by atoms with Crippen LogP contribution in [0.25, 0.3) is 0 Å². The third-order valence-corrected chi connectivity index (χ3v) is 5.04. The van der Waals surface area contributed by atoms with Crippen LogP contribution in [0.1, 0.15) is 45.3 Å². The van der Waals surface area contributed by atoms with Gasteiger partial charge >= 0.3 is 5.97 Å². The molecule has 0 fully saturated rings. The maximum atomic E-state index is 11.9. The molecule has 2 rings (SSSR count). The minimum atomic E-state index is -0.979. The number of carbonyl (C=O) groups is 2. The van der Waals surface area contributed by atoms with E-state index in [1.165, 1.54) is 0 Å². The molecule has 112 valence electrons. The van der Waals surface area contributed by atoms with Crippen LogP contribution in [0.2, 0.25) is 0 Å². The molecule has 1 atom stereocenters. The first-order valence-corrected chi connectivity index (χ1v) is 8.24. The molecule has 2 aromatic rings. The van der Waals surface area contributed by atoms with E-state index in [1.807, 2.05) is 23.8 Å². The van der Waals surface area contributed by atoms with Gasteiger partial charge in [0, 0.05) is 6.42 Å². The van der Waals surface area contributed by atoms with E-state index < -0.39 is 5.97 Å². The summed E-state index contributed by atoms with van der Waals surface area (Å²) >= 11 is 2.72. The summed E-state index contributed by atoms with van der Waals surface area (Å²) in [7, 11) is 0. The first-order chi connectivity index (χ1) is 9.97. The van der Waals surface area contributed by atoms with Gasteiger partial charge in [-0.25, -0.2) is 9.78 Å². The van der Waals surface area contributed by atoms with Crippen molar-refractivity contribution in [2.45, 2.75) is 32.7 Å². The van der Waals surface area contributed by atoms with Gasteiger partial charge in [0.25, 0.3) is 0 Å². The van der Waals surface area contributed by atoms with E-state index in [9.17, 15) is 9.59 Å². The second-order valence-corrected chi connectivity index (χ2v) is 6.50. The van der Waals surface area contributed by atoms with Crippen molar-refractivity contribution in [1.29, 1.82) is 0 Å². The van der Waals surface area contributed by atoms with Gasteiger partial charge in [0.05, 0.1) is 11.7 Å². The third kappa shape index (κ3) is 4.12. The van der Waals surface area contributed by atoms with Gasteiger partial charge < -0.3 is 10.4 Å². The van der Waals surface area contributed by atoms with E-state index in [4.69, 9.17) is 5.11 Å². The van der Waals surface area contributed by atoms with E-state index >= 15 is 0 Å². The van der Waals surface area contributed by atoms with Crippen molar-refractivity contribution < 1.29 is 14.7 Å². The van der Waals surface area contributed by atoms with Crippen molar-refractivity contribution in [2.75, 3.05) is 0 Å². The van der Waals surface area contributed by atoms with Crippen molar-refractivity contribution in [3.05, 3.63) is 38.0 Å². The fraction of sp³-hybridized carbons (Fsp3) is 0.357. The lowest BCUT2D eigenvalue weighted by Gasteiger charge is -2.10. The van der Waals surface area contributed by atoms with Crippen LogP contribution >= 0.6 is 22.7 Å². The van der Waals surface area contributed by atoms with Gasteiger partial charge in [-0.3, -0.25) is 4.79 Å². The molecule has 21 heavy (non-hydrogen) atoms. The maximum Gasteiger partial charge on any atom is 0.347 e. The second-order valence-electron chi connectivity index (χ2n) is 4.69. The summed E-state index contributed by atoms with van der Waals surface area (Å²) in [5.41, 5.74) is 1.64. The summed E-state index contributed by atoms with van der Waals surface area (Å²) in [6, 6.07) is 1.72. The van der Waals surface area contributed by atoms with Gasteiger partial charge in [-0.05, 0) is 42.7 Å². The highest BCUT2D eigenvalue weighted by Crippen LogP contribution is 2.23. The highest BCUT2D eigenvalue weighted by molar-refractivity contribution is 7.13. The summed E-state index contributed by atoms with van der Waals surface area (Å²) < 4.78 is 0. The molecule has 2 aromatic heterocycles. The van der Waals surface area contributed by atoms with Crippen molar-refractivity contribution in [1.82, 2.24) is 10.3 Å². The van der Waals surface area contributed by atoms with Crippen molar-refractivity contribution in [3.63, 3.8) is 0 Å². The first kappa shape index (κ1) is 15.7. The summed E-state index contributed by atoms with van der Waals surface area (Å²) in [4.78, 5) is 27.3. The van der Waals surface area contributed by atoms with Gasteiger partial charge in [0.1, 0.15) is 9.88 Å². The van der Waals surface area contributed by atoms with Gasteiger partial charge in [-0.1, -0.05) is 0 Å². The number of nitrogens with one attached hydrogen (secondary N) is 1. The zero-order valence-electron chi connectivity index (χ0n) is 11.8. The van der Waals surface area contributed by atoms with Crippen LogP contribution in [-0.2, 0) is 11.2 Å². The molecule has 0 saturated heterocycles. The Balaban J connectivity index is 1.91. The Labute approximate surface area is 130 Å². The Kier molecular flexibility index (Phi) is 5.08. The van der Waals surface area contributed by atoms with E-state index in [0.29, 0.717) is 23.5 Å². The predicted molar refractivity (Wildman–Crippen MR) is 83.0 cm³/mol. The van der Waals surface area contributed by atoms with E-state index in [1.54, 1.807) is 18.3 Å². The Bertz CT molecular complexity index is 635. The fourth-order valence-electron chi connectivity index (χ4n) is 1.87. The number of carboxylic acid groups (broad SMARTS) is 1. The minimum absolute atomic E-state index is 0.0570. The van der Waals surface area contributed by atoms with Gasteiger partial charge in [0.15, 0.2) is 0 Å². The maximum absolute atomic E-state index is 11.9. The SMILES string of the molecule is Cc1nc(C(C)NC(=O)CCc2ccsc2)sc1C(=O)O. The standard InChI is InChI=1S/C14H16N2O3S2/c1-8-12(14(18)19)21-13(16-8)9(2)15-11(17)4-3-10-5-6-20-7-10/h5-7,9H,3-4H2,1-2H3,(H,15,17)(H,18,19). The van der Waals surface area contributed by atoms with Crippen LogP contribution < -0.4 is 5.32 Å². The lowest BCUT2D eigenvalue weighted by Crippen LogP contribution is -2.26. The average Bonchev–Trinajstić information content (AvgIpc) is 3.05. The number of hydrogen-bond acceptors (Lipinski definition) is 5. The third-order valence-electron chi connectivity index (χ3n) is 2.98. The van der Waals surface area contributed by atoms with E-state index in [0.717, 1.165) is 16.9 Å². The van der Waals surface area contributed by atoms with Crippen LogP contribution in [0.3, 0.4) is 0 Å². The number of nitrogens with zero attached hydrogens (tertiary/aromatic N) is 1. The number of aromatic nitrogens is 1. The molecule has 5 nitrogen and oxygen atoms in total. The number of thiazole rings is 1. The molecule has 0 aliphatic rings. The number of hydrogen-bond donors (Lipinski definition) is 2. The number of carbonyl (C=O) groups excluding carboxylic acids is 1.